The standard InChI is InChI=1S/C13H18OSi/c1-5-8-11-15(14-4,12-9-6-2)13-10-7-3/h1-3H,8-13H2,4H3. The summed E-state index contributed by atoms with van der Waals surface area (Å²) in [4.78, 5) is 0. The van der Waals surface area contributed by atoms with Gasteiger partial charge in [-0.05, 0) is 18.1 Å². The summed E-state index contributed by atoms with van der Waals surface area (Å²) < 4.78 is 5.70. The Labute approximate surface area is 94.7 Å². The summed E-state index contributed by atoms with van der Waals surface area (Å²) in [6, 6.07) is 2.88. The average Bonchev–Trinajstić information content (AvgIpc) is 2.29. The van der Waals surface area contributed by atoms with Gasteiger partial charge in [0.05, 0.1) is 0 Å². The van der Waals surface area contributed by atoms with Crippen LogP contribution < -0.4 is 0 Å². The van der Waals surface area contributed by atoms with Gasteiger partial charge in [-0.2, -0.15) is 0 Å². The molecule has 0 aromatic rings. The van der Waals surface area contributed by atoms with Gasteiger partial charge in [0.2, 0.25) is 0 Å². The van der Waals surface area contributed by atoms with Crippen molar-refractivity contribution in [3.05, 3.63) is 0 Å². The van der Waals surface area contributed by atoms with E-state index in [0.29, 0.717) is 0 Å². The van der Waals surface area contributed by atoms with Crippen LogP contribution in [0, 0.1) is 37.0 Å². The van der Waals surface area contributed by atoms with Gasteiger partial charge in [-0.25, -0.2) is 0 Å². The molecule has 0 bridgehead atoms. The average molecular weight is 218 g/mol. The first-order chi connectivity index (χ1) is 7.24. The Morgan fingerprint density at radius 1 is 0.867 bits per heavy atom. The Bertz CT molecular complexity index is 242. The summed E-state index contributed by atoms with van der Waals surface area (Å²) in [6.07, 6.45) is 18.1. The minimum atomic E-state index is -1.76. The molecule has 1 nitrogen and oxygen atoms in total. The molecule has 0 amide bonds. The molecule has 0 aliphatic rings. The molecule has 0 N–H and O–H groups in total. The highest BCUT2D eigenvalue weighted by atomic mass is 28.4. The maximum absolute atomic E-state index is 5.70. The number of hydrogen-bond donors (Lipinski definition) is 0. The van der Waals surface area contributed by atoms with E-state index in [2.05, 4.69) is 17.8 Å². The van der Waals surface area contributed by atoms with Crippen molar-refractivity contribution in [3.8, 4) is 37.0 Å². The molecule has 0 aliphatic carbocycles. The van der Waals surface area contributed by atoms with E-state index in [-0.39, 0.29) is 0 Å². The molecular formula is C13H18OSi. The van der Waals surface area contributed by atoms with E-state index in [1.54, 1.807) is 7.11 Å². The molecule has 0 heterocycles. The predicted octanol–water partition coefficient (Wildman–Crippen LogP) is 2.65. The molecular weight excluding hydrogens is 200 g/mol. The Morgan fingerprint density at radius 3 is 1.40 bits per heavy atom. The van der Waals surface area contributed by atoms with E-state index in [9.17, 15) is 0 Å². The molecule has 2 heteroatoms. The predicted molar refractivity (Wildman–Crippen MR) is 67.5 cm³/mol. The Balaban J connectivity index is 4.40. The van der Waals surface area contributed by atoms with Gasteiger partial charge >= 0.3 is 0 Å². The second-order valence-corrected chi connectivity index (χ2v) is 7.77. The fourth-order valence-corrected chi connectivity index (χ4v) is 4.74. The maximum atomic E-state index is 5.70. The summed E-state index contributed by atoms with van der Waals surface area (Å²) in [5.41, 5.74) is 0. The van der Waals surface area contributed by atoms with Crippen LogP contribution in [0.3, 0.4) is 0 Å². The van der Waals surface area contributed by atoms with Crippen LogP contribution >= 0.6 is 0 Å². The zero-order valence-electron chi connectivity index (χ0n) is 9.38. The first-order valence-electron chi connectivity index (χ1n) is 5.10. The highest BCUT2D eigenvalue weighted by molar-refractivity contribution is 6.73. The third-order valence-electron chi connectivity index (χ3n) is 2.61. The molecule has 15 heavy (non-hydrogen) atoms. The highest BCUT2D eigenvalue weighted by Gasteiger charge is 2.31. The van der Waals surface area contributed by atoms with E-state index in [1.807, 2.05) is 0 Å². The molecule has 0 atom stereocenters. The third kappa shape index (κ3) is 5.33. The van der Waals surface area contributed by atoms with Gasteiger partial charge in [0.25, 0.3) is 0 Å². The summed E-state index contributed by atoms with van der Waals surface area (Å²) in [5, 5.41) is 0. The summed E-state index contributed by atoms with van der Waals surface area (Å²) in [6.45, 7) is 0. The van der Waals surface area contributed by atoms with E-state index < -0.39 is 8.32 Å². The lowest BCUT2D eigenvalue weighted by atomic mass is 10.5. The number of terminal acetylenes is 3. The van der Waals surface area contributed by atoms with Crippen LogP contribution in [0.2, 0.25) is 18.1 Å². The van der Waals surface area contributed by atoms with Crippen molar-refractivity contribution in [3.63, 3.8) is 0 Å². The van der Waals surface area contributed by atoms with Gasteiger partial charge in [0, 0.05) is 26.4 Å². The highest BCUT2D eigenvalue weighted by Crippen LogP contribution is 2.26. The lowest BCUT2D eigenvalue weighted by molar-refractivity contribution is 0.389. The molecule has 0 aromatic carbocycles. The second kappa shape index (κ2) is 8.19. The molecule has 80 valence electrons. The first-order valence-corrected chi connectivity index (χ1v) is 7.63. The van der Waals surface area contributed by atoms with Gasteiger partial charge in [-0.1, -0.05) is 0 Å². The van der Waals surface area contributed by atoms with E-state index in [0.717, 1.165) is 37.4 Å². The van der Waals surface area contributed by atoms with Crippen molar-refractivity contribution in [2.24, 2.45) is 0 Å². The van der Waals surface area contributed by atoms with Crippen molar-refractivity contribution in [1.82, 2.24) is 0 Å². The molecule has 0 spiro atoms. The molecule has 0 fully saturated rings. The zero-order chi connectivity index (χ0) is 11.6. The van der Waals surface area contributed by atoms with Gasteiger partial charge in [0.15, 0.2) is 8.32 Å². The van der Waals surface area contributed by atoms with E-state index >= 15 is 0 Å². The summed E-state index contributed by atoms with van der Waals surface area (Å²) in [5.74, 6) is 7.98. The maximum Gasteiger partial charge on any atom is 0.195 e. The third-order valence-corrected chi connectivity index (χ3v) is 6.96. The lowest BCUT2D eigenvalue weighted by Gasteiger charge is -2.28. The quantitative estimate of drug-likeness (QED) is 0.471. The van der Waals surface area contributed by atoms with Crippen LogP contribution in [0.25, 0.3) is 0 Å². The smallest absolute Gasteiger partial charge is 0.195 e. The van der Waals surface area contributed by atoms with Gasteiger partial charge in [-0.15, -0.1) is 37.0 Å². The monoisotopic (exact) mass is 218 g/mol. The zero-order valence-corrected chi connectivity index (χ0v) is 10.4. The minimum Gasteiger partial charge on any atom is -0.420 e. The van der Waals surface area contributed by atoms with Crippen LogP contribution in [0.15, 0.2) is 0 Å². The Morgan fingerprint density at radius 2 is 1.20 bits per heavy atom. The number of rotatable bonds is 7. The van der Waals surface area contributed by atoms with Crippen molar-refractivity contribution in [1.29, 1.82) is 0 Å². The molecule has 0 saturated heterocycles. The summed E-state index contributed by atoms with van der Waals surface area (Å²) >= 11 is 0. The largest absolute Gasteiger partial charge is 0.420 e. The van der Waals surface area contributed by atoms with Gasteiger partial charge in [-0.3, -0.25) is 0 Å². The van der Waals surface area contributed by atoms with Crippen LogP contribution in [0.1, 0.15) is 19.3 Å². The normalized spacial score (nSPS) is 10.0. The molecule has 0 aromatic heterocycles. The van der Waals surface area contributed by atoms with Crippen LogP contribution in [-0.2, 0) is 4.43 Å². The fraction of sp³-hybridized carbons (Fsp3) is 0.538. The van der Waals surface area contributed by atoms with Crippen molar-refractivity contribution in [2.75, 3.05) is 7.11 Å². The van der Waals surface area contributed by atoms with Crippen molar-refractivity contribution >= 4 is 8.32 Å². The Hall–Kier alpha value is -1.14. The van der Waals surface area contributed by atoms with E-state index in [4.69, 9.17) is 23.7 Å². The lowest BCUT2D eigenvalue weighted by Crippen LogP contribution is -2.36. The minimum absolute atomic E-state index is 0.759. The topological polar surface area (TPSA) is 9.23 Å². The van der Waals surface area contributed by atoms with E-state index in [1.165, 1.54) is 0 Å². The van der Waals surface area contributed by atoms with Crippen molar-refractivity contribution in [2.45, 2.75) is 37.4 Å². The molecule has 0 rings (SSSR count). The SMILES string of the molecule is C#CCC[Si](CCC#C)(CCC#C)OC. The molecule has 0 unspecified atom stereocenters. The first kappa shape index (κ1) is 13.9. The summed E-state index contributed by atoms with van der Waals surface area (Å²) in [7, 11) is -0.000204. The van der Waals surface area contributed by atoms with Crippen molar-refractivity contribution < 1.29 is 4.43 Å². The van der Waals surface area contributed by atoms with Gasteiger partial charge < -0.3 is 4.43 Å². The number of hydrogen-bond acceptors (Lipinski definition) is 1. The Kier molecular flexibility index (Phi) is 7.56. The molecule has 0 saturated carbocycles. The van der Waals surface area contributed by atoms with Gasteiger partial charge in [0.1, 0.15) is 0 Å². The van der Waals surface area contributed by atoms with Crippen LogP contribution in [0.4, 0.5) is 0 Å². The molecule has 0 aliphatic heterocycles. The fourth-order valence-electron chi connectivity index (χ4n) is 1.58. The van der Waals surface area contributed by atoms with Crippen LogP contribution in [0.5, 0.6) is 0 Å². The second-order valence-electron chi connectivity index (χ2n) is 3.50. The van der Waals surface area contributed by atoms with Crippen LogP contribution in [-0.4, -0.2) is 15.4 Å². The molecule has 0 radical (unpaired) electrons.